The number of ether oxygens (including phenoxy) is 1. The van der Waals surface area contributed by atoms with Crippen LogP contribution in [-0.2, 0) is 25.5 Å². The molecule has 0 saturated heterocycles. The molecule has 1 heterocycles. The molecule has 19 heavy (non-hydrogen) atoms. The SMILES string of the molecule is COC(=O)CCC(=O)NC(Cc1cnc[nH]1)C(=O)O. The number of carboxylic acid groups (broad SMARTS) is 1. The van der Waals surface area contributed by atoms with Crippen LogP contribution in [0.4, 0.5) is 0 Å². The lowest BCUT2D eigenvalue weighted by molar-refractivity contribution is -0.143. The molecule has 1 atom stereocenters. The van der Waals surface area contributed by atoms with Crippen LogP contribution in [0.2, 0.25) is 0 Å². The van der Waals surface area contributed by atoms with Crippen molar-refractivity contribution >= 4 is 17.8 Å². The summed E-state index contributed by atoms with van der Waals surface area (Å²) < 4.78 is 4.39. The number of aliphatic carboxylic acids is 1. The number of esters is 1. The number of amides is 1. The van der Waals surface area contributed by atoms with E-state index < -0.39 is 23.9 Å². The smallest absolute Gasteiger partial charge is 0.326 e. The van der Waals surface area contributed by atoms with Crippen molar-refractivity contribution in [2.24, 2.45) is 0 Å². The molecule has 0 aliphatic rings. The first kappa shape index (κ1) is 14.7. The summed E-state index contributed by atoms with van der Waals surface area (Å²) >= 11 is 0. The Kier molecular flexibility index (Phi) is 5.52. The molecular formula is C11H15N3O5. The van der Waals surface area contributed by atoms with Crippen LogP contribution in [0, 0.1) is 0 Å². The Bertz CT molecular complexity index is 443. The molecule has 0 radical (unpaired) electrons. The van der Waals surface area contributed by atoms with Crippen molar-refractivity contribution < 1.29 is 24.2 Å². The number of aromatic nitrogens is 2. The zero-order valence-electron chi connectivity index (χ0n) is 10.4. The molecule has 0 aromatic carbocycles. The maximum Gasteiger partial charge on any atom is 0.326 e. The number of H-pyrrole nitrogens is 1. The Hall–Kier alpha value is -2.38. The predicted molar refractivity (Wildman–Crippen MR) is 63.1 cm³/mol. The van der Waals surface area contributed by atoms with Crippen molar-refractivity contribution in [3.8, 4) is 0 Å². The van der Waals surface area contributed by atoms with Crippen LogP contribution in [0.1, 0.15) is 18.5 Å². The summed E-state index contributed by atoms with van der Waals surface area (Å²) in [6.07, 6.45) is 2.81. The van der Waals surface area contributed by atoms with Gasteiger partial charge in [0, 0.05) is 24.7 Å². The zero-order valence-corrected chi connectivity index (χ0v) is 10.4. The monoisotopic (exact) mass is 269 g/mol. The van der Waals surface area contributed by atoms with E-state index >= 15 is 0 Å². The highest BCUT2D eigenvalue weighted by molar-refractivity contribution is 5.85. The third kappa shape index (κ3) is 5.19. The van der Waals surface area contributed by atoms with E-state index in [1.807, 2.05) is 0 Å². The molecule has 3 N–H and O–H groups in total. The minimum absolute atomic E-state index is 0.0846. The molecule has 0 saturated carbocycles. The average Bonchev–Trinajstić information content (AvgIpc) is 2.87. The second kappa shape index (κ2) is 7.14. The highest BCUT2D eigenvalue weighted by atomic mass is 16.5. The number of rotatable bonds is 7. The number of aromatic amines is 1. The fourth-order valence-corrected chi connectivity index (χ4v) is 1.40. The van der Waals surface area contributed by atoms with Crippen LogP contribution in [-0.4, -0.2) is 46.1 Å². The number of hydrogen-bond donors (Lipinski definition) is 3. The average molecular weight is 269 g/mol. The van der Waals surface area contributed by atoms with Gasteiger partial charge in [-0.2, -0.15) is 0 Å². The first-order valence-corrected chi connectivity index (χ1v) is 5.59. The van der Waals surface area contributed by atoms with Crippen molar-refractivity contribution in [2.45, 2.75) is 25.3 Å². The van der Waals surface area contributed by atoms with Crippen LogP contribution in [0.3, 0.4) is 0 Å². The zero-order chi connectivity index (χ0) is 14.3. The van der Waals surface area contributed by atoms with E-state index in [9.17, 15) is 14.4 Å². The fraction of sp³-hybridized carbons (Fsp3) is 0.455. The van der Waals surface area contributed by atoms with E-state index in [4.69, 9.17) is 5.11 Å². The summed E-state index contributed by atoms with van der Waals surface area (Å²) in [7, 11) is 1.22. The van der Waals surface area contributed by atoms with Crippen LogP contribution in [0.15, 0.2) is 12.5 Å². The van der Waals surface area contributed by atoms with Gasteiger partial charge in [0.1, 0.15) is 6.04 Å². The molecule has 8 nitrogen and oxygen atoms in total. The molecule has 0 fully saturated rings. The van der Waals surface area contributed by atoms with Crippen molar-refractivity contribution in [1.29, 1.82) is 0 Å². The Morgan fingerprint density at radius 3 is 2.74 bits per heavy atom. The van der Waals surface area contributed by atoms with E-state index in [2.05, 4.69) is 20.0 Å². The number of carbonyl (C=O) groups excluding carboxylic acids is 2. The summed E-state index contributed by atoms with van der Waals surface area (Å²) in [5.41, 5.74) is 0.598. The summed E-state index contributed by atoms with van der Waals surface area (Å²) in [6, 6.07) is -1.06. The van der Waals surface area contributed by atoms with Gasteiger partial charge in [0.25, 0.3) is 0 Å². The third-order valence-corrected chi connectivity index (χ3v) is 2.40. The van der Waals surface area contributed by atoms with Gasteiger partial charge in [0.15, 0.2) is 0 Å². The van der Waals surface area contributed by atoms with Gasteiger partial charge >= 0.3 is 11.9 Å². The quantitative estimate of drug-likeness (QED) is 0.572. The van der Waals surface area contributed by atoms with Crippen LogP contribution in [0.25, 0.3) is 0 Å². The van der Waals surface area contributed by atoms with E-state index in [0.717, 1.165) is 0 Å². The van der Waals surface area contributed by atoms with Crippen molar-refractivity contribution in [3.05, 3.63) is 18.2 Å². The lowest BCUT2D eigenvalue weighted by atomic mass is 10.1. The molecule has 0 aliphatic carbocycles. The highest BCUT2D eigenvalue weighted by Crippen LogP contribution is 2.00. The molecule has 1 amide bonds. The van der Waals surface area contributed by atoms with Crippen molar-refractivity contribution in [1.82, 2.24) is 15.3 Å². The normalized spacial score (nSPS) is 11.6. The largest absolute Gasteiger partial charge is 0.480 e. The molecule has 0 bridgehead atoms. The number of imidazole rings is 1. The van der Waals surface area contributed by atoms with Gasteiger partial charge in [-0.1, -0.05) is 0 Å². The predicted octanol–water partition coefficient (Wildman–Crippen LogP) is -0.525. The van der Waals surface area contributed by atoms with Gasteiger partial charge in [0.2, 0.25) is 5.91 Å². The first-order valence-electron chi connectivity index (χ1n) is 5.59. The van der Waals surface area contributed by atoms with Crippen LogP contribution >= 0.6 is 0 Å². The Morgan fingerprint density at radius 2 is 2.21 bits per heavy atom. The second-order valence-electron chi connectivity index (χ2n) is 3.82. The van der Waals surface area contributed by atoms with Gasteiger partial charge in [-0.3, -0.25) is 9.59 Å². The van der Waals surface area contributed by atoms with Gasteiger partial charge in [-0.15, -0.1) is 0 Å². The molecule has 104 valence electrons. The van der Waals surface area contributed by atoms with Gasteiger partial charge in [-0.25, -0.2) is 9.78 Å². The maximum atomic E-state index is 11.5. The number of hydrogen-bond acceptors (Lipinski definition) is 5. The number of nitrogens with one attached hydrogen (secondary N) is 2. The van der Waals surface area contributed by atoms with Crippen molar-refractivity contribution in [2.75, 3.05) is 7.11 Å². The number of methoxy groups -OCH3 is 1. The molecule has 1 unspecified atom stereocenters. The second-order valence-corrected chi connectivity index (χ2v) is 3.82. The van der Waals surface area contributed by atoms with E-state index in [-0.39, 0.29) is 19.3 Å². The molecule has 0 spiro atoms. The number of nitrogens with zero attached hydrogens (tertiary/aromatic N) is 1. The summed E-state index contributed by atoms with van der Waals surface area (Å²) in [4.78, 5) is 39.9. The van der Waals surface area contributed by atoms with Crippen molar-refractivity contribution in [3.63, 3.8) is 0 Å². The molecular weight excluding hydrogens is 254 g/mol. The summed E-state index contributed by atoms with van der Waals surface area (Å²) in [6.45, 7) is 0. The van der Waals surface area contributed by atoms with E-state index in [1.54, 1.807) is 0 Å². The lowest BCUT2D eigenvalue weighted by Gasteiger charge is -2.13. The van der Waals surface area contributed by atoms with Gasteiger partial charge in [0.05, 0.1) is 19.9 Å². The Balaban J connectivity index is 2.47. The Labute approximate surface area is 109 Å². The fourth-order valence-electron chi connectivity index (χ4n) is 1.40. The number of carbonyl (C=O) groups is 3. The highest BCUT2D eigenvalue weighted by Gasteiger charge is 2.21. The molecule has 1 rings (SSSR count). The molecule has 1 aromatic rings. The Morgan fingerprint density at radius 1 is 1.47 bits per heavy atom. The van der Waals surface area contributed by atoms with E-state index in [1.165, 1.54) is 19.6 Å². The number of carboxylic acids is 1. The van der Waals surface area contributed by atoms with Gasteiger partial charge in [-0.05, 0) is 0 Å². The first-order chi connectivity index (χ1) is 9.02. The third-order valence-electron chi connectivity index (χ3n) is 2.40. The lowest BCUT2D eigenvalue weighted by Crippen LogP contribution is -2.42. The molecule has 8 heteroatoms. The minimum atomic E-state index is -1.15. The van der Waals surface area contributed by atoms with E-state index in [0.29, 0.717) is 5.69 Å². The molecule has 0 aliphatic heterocycles. The summed E-state index contributed by atoms with van der Waals surface area (Å²) in [5.74, 6) is -2.19. The standard InChI is InChI=1S/C11H15N3O5/c1-19-10(16)3-2-9(15)14-8(11(17)18)4-7-5-12-6-13-7/h5-6,8H,2-4H2,1H3,(H,12,13)(H,14,15)(H,17,18). The van der Waals surface area contributed by atoms with Crippen LogP contribution < -0.4 is 5.32 Å². The summed E-state index contributed by atoms with van der Waals surface area (Å²) in [5, 5.41) is 11.3. The van der Waals surface area contributed by atoms with Gasteiger partial charge < -0.3 is 20.1 Å². The topological polar surface area (TPSA) is 121 Å². The maximum absolute atomic E-state index is 11.5. The van der Waals surface area contributed by atoms with Crippen LogP contribution in [0.5, 0.6) is 0 Å². The minimum Gasteiger partial charge on any atom is -0.480 e. The molecule has 1 aromatic heterocycles.